The Kier molecular flexibility index (Phi) is 4.34. The summed E-state index contributed by atoms with van der Waals surface area (Å²) in [5, 5.41) is 7.33. The van der Waals surface area contributed by atoms with Crippen molar-refractivity contribution in [3.05, 3.63) is 83.7 Å². The predicted molar refractivity (Wildman–Crippen MR) is 98.5 cm³/mol. The van der Waals surface area contributed by atoms with Crippen LogP contribution in [0, 0.1) is 0 Å². The SMILES string of the molecule is O=C(Nc1cccc(Cn2cccn2)c1)C1CCCc2ccccc21. The van der Waals surface area contributed by atoms with Gasteiger partial charge < -0.3 is 5.32 Å². The number of aryl methyl sites for hydroxylation is 1. The monoisotopic (exact) mass is 331 g/mol. The Balaban J connectivity index is 1.50. The Morgan fingerprint density at radius 2 is 2.08 bits per heavy atom. The largest absolute Gasteiger partial charge is 0.326 e. The third kappa shape index (κ3) is 3.48. The van der Waals surface area contributed by atoms with Crippen LogP contribution >= 0.6 is 0 Å². The lowest BCUT2D eigenvalue weighted by molar-refractivity contribution is -0.117. The molecule has 3 aromatic rings. The number of nitrogens with zero attached hydrogens (tertiary/aromatic N) is 2. The molecule has 1 aromatic heterocycles. The molecule has 1 aliphatic rings. The highest BCUT2D eigenvalue weighted by atomic mass is 16.1. The van der Waals surface area contributed by atoms with Crippen LogP contribution in [0.2, 0.25) is 0 Å². The molecule has 0 fully saturated rings. The van der Waals surface area contributed by atoms with Gasteiger partial charge in [0.1, 0.15) is 0 Å². The summed E-state index contributed by atoms with van der Waals surface area (Å²) in [6, 6.07) is 18.2. The molecule has 1 amide bonds. The fraction of sp³-hybridized carbons (Fsp3) is 0.238. The highest BCUT2D eigenvalue weighted by Gasteiger charge is 2.26. The molecule has 0 bridgehead atoms. The number of rotatable bonds is 4. The normalized spacial score (nSPS) is 16.2. The number of aromatic nitrogens is 2. The minimum Gasteiger partial charge on any atom is -0.326 e. The highest BCUT2D eigenvalue weighted by Crippen LogP contribution is 2.32. The van der Waals surface area contributed by atoms with Gasteiger partial charge in [-0.1, -0.05) is 36.4 Å². The second-order valence-corrected chi connectivity index (χ2v) is 6.54. The van der Waals surface area contributed by atoms with Crippen molar-refractivity contribution in [1.29, 1.82) is 0 Å². The molecule has 0 saturated carbocycles. The first-order chi connectivity index (χ1) is 12.3. The summed E-state index contributed by atoms with van der Waals surface area (Å²) in [7, 11) is 0. The number of anilines is 1. The maximum Gasteiger partial charge on any atom is 0.231 e. The van der Waals surface area contributed by atoms with Gasteiger partial charge in [0.2, 0.25) is 5.91 Å². The van der Waals surface area contributed by atoms with Crippen LogP contribution in [0.3, 0.4) is 0 Å². The van der Waals surface area contributed by atoms with Gasteiger partial charge in [0.05, 0.1) is 12.5 Å². The molecule has 1 aliphatic carbocycles. The van der Waals surface area contributed by atoms with Crippen molar-refractivity contribution in [3.63, 3.8) is 0 Å². The summed E-state index contributed by atoms with van der Waals surface area (Å²) >= 11 is 0. The number of nitrogens with one attached hydrogen (secondary N) is 1. The Morgan fingerprint density at radius 1 is 1.16 bits per heavy atom. The molecule has 4 rings (SSSR count). The fourth-order valence-electron chi connectivity index (χ4n) is 3.58. The summed E-state index contributed by atoms with van der Waals surface area (Å²) in [5.74, 6) is 0.0307. The zero-order valence-electron chi connectivity index (χ0n) is 14.1. The van der Waals surface area contributed by atoms with Crippen LogP contribution in [-0.4, -0.2) is 15.7 Å². The van der Waals surface area contributed by atoms with Gasteiger partial charge in [-0.25, -0.2) is 0 Å². The minimum atomic E-state index is -0.0558. The molecular weight excluding hydrogens is 310 g/mol. The predicted octanol–water partition coefficient (Wildman–Crippen LogP) is 3.99. The second kappa shape index (κ2) is 6.93. The topological polar surface area (TPSA) is 46.9 Å². The van der Waals surface area contributed by atoms with E-state index in [1.54, 1.807) is 6.20 Å². The molecule has 1 heterocycles. The zero-order valence-corrected chi connectivity index (χ0v) is 14.1. The maximum absolute atomic E-state index is 12.8. The quantitative estimate of drug-likeness (QED) is 0.786. The third-order valence-electron chi connectivity index (χ3n) is 4.78. The minimum absolute atomic E-state index is 0.0558. The fourth-order valence-corrected chi connectivity index (χ4v) is 3.58. The van der Waals surface area contributed by atoms with Crippen molar-refractivity contribution in [2.24, 2.45) is 0 Å². The maximum atomic E-state index is 12.8. The summed E-state index contributed by atoms with van der Waals surface area (Å²) in [5.41, 5.74) is 4.45. The number of hydrogen-bond donors (Lipinski definition) is 1. The summed E-state index contributed by atoms with van der Waals surface area (Å²) in [4.78, 5) is 12.8. The molecule has 0 spiro atoms. The number of carbonyl (C=O) groups is 1. The molecule has 0 radical (unpaired) electrons. The van der Waals surface area contributed by atoms with Crippen LogP contribution in [-0.2, 0) is 17.8 Å². The molecule has 1 atom stereocenters. The van der Waals surface area contributed by atoms with Gasteiger partial charge in [0, 0.05) is 18.1 Å². The van der Waals surface area contributed by atoms with Crippen LogP contribution in [0.5, 0.6) is 0 Å². The molecule has 126 valence electrons. The Bertz CT molecular complexity index is 870. The smallest absolute Gasteiger partial charge is 0.231 e. The van der Waals surface area contributed by atoms with Gasteiger partial charge in [-0.2, -0.15) is 5.10 Å². The van der Waals surface area contributed by atoms with Crippen molar-refractivity contribution >= 4 is 11.6 Å². The number of fused-ring (bicyclic) bond motifs is 1. The molecule has 0 saturated heterocycles. The lowest BCUT2D eigenvalue weighted by Gasteiger charge is -2.24. The molecule has 1 N–H and O–H groups in total. The Labute approximate surface area is 147 Å². The molecule has 0 aliphatic heterocycles. The lowest BCUT2D eigenvalue weighted by Crippen LogP contribution is -2.24. The van der Waals surface area contributed by atoms with Gasteiger partial charge in [0.15, 0.2) is 0 Å². The molecule has 4 heteroatoms. The van der Waals surface area contributed by atoms with E-state index in [9.17, 15) is 4.79 Å². The first kappa shape index (κ1) is 15.6. The summed E-state index contributed by atoms with van der Waals surface area (Å²) in [6.07, 6.45) is 6.75. The van der Waals surface area contributed by atoms with E-state index in [1.807, 2.05) is 47.3 Å². The van der Waals surface area contributed by atoms with Crippen molar-refractivity contribution in [2.75, 3.05) is 5.32 Å². The number of carbonyl (C=O) groups excluding carboxylic acids is 1. The summed E-state index contributed by atoms with van der Waals surface area (Å²) in [6.45, 7) is 0.697. The van der Waals surface area contributed by atoms with Gasteiger partial charge in [-0.3, -0.25) is 9.48 Å². The van der Waals surface area contributed by atoms with Gasteiger partial charge in [0.25, 0.3) is 0 Å². The van der Waals surface area contributed by atoms with Gasteiger partial charge in [-0.05, 0) is 54.2 Å². The average molecular weight is 331 g/mol. The number of amides is 1. The van der Waals surface area contributed by atoms with Crippen molar-refractivity contribution in [1.82, 2.24) is 9.78 Å². The molecule has 1 unspecified atom stereocenters. The van der Waals surface area contributed by atoms with E-state index in [2.05, 4.69) is 28.6 Å². The third-order valence-corrected chi connectivity index (χ3v) is 4.78. The van der Waals surface area contributed by atoms with E-state index in [1.165, 1.54) is 11.1 Å². The summed E-state index contributed by atoms with van der Waals surface area (Å²) < 4.78 is 1.87. The average Bonchev–Trinajstić information content (AvgIpc) is 3.14. The van der Waals surface area contributed by atoms with Crippen LogP contribution < -0.4 is 5.32 Å². The Hall–Kier alpha value is -2.88. The van der Waals surface area contributed by atoms with E-state index in [-0.39, 0.29) is 11.8 Å². The van der Waals surface area contributed by atoms with Crippen LogP contribution in [0.1, 0.15) is 35.4 Å². The van der Waals surface area contributed by atoms with E-state index in [4.69, 9.17) is 0 Å². The van der Waals surface area contributed by atoms with Crippen LogP contribution in [0.4, 0.5) is 5.69 Å². The van der Waals surface area contributed by atoms with Crippen molar-refractivity contribution in [2.45, 2.75) is 31.7 Å². The number of benzene rings is 2. The van der Waals surface area contributed by atoms with Crippen molar-refractivity contribution in [3.8, 4) is 0 Å². The standard InChI is InChI=1S/C21H21N3O/c25-21(20-11-4-8-17-7-1-2-10-19(17)20)23-18-9-3-6-16(14-18)15-24-13-5-12-22-24/h1-3,5-7,9-10,12-14,20H,4,8,11,15H2,(H,23,25). The number of hydrogen-bond acceptors (Lipinski definition) is 2. The first-order valence-corrected chi connectivity index (χ1v) is 8.74. The first-order valence-electron chi connectivity index (χ1n) is 8.74. The molecule has 4 nitrogen and oxygen atoms in total. The second-order valence-electron chi connectivity index (χ2n) is 6.54. The van der Waals surface area contributed by atoms with E-state index < -0.39 is 0 Å². The molecule has 25 heavy (non-hydrogen) atoms. The van der Waals surface area contributed by atoms with Crippen molar-refractivity contribution < 1.29 is 4.79 Å². The Morgan fingerprint density at radius 3 is 2.96 bits per heavy atom. The lowest BCUT2D eigenvalue weighted by atomic mass is 9.82. The van der Waals surface area contributed by atoms with E-state index in [0.29, 0.717) is 6.54 Å². The highest BCUT2D eigenvalue weighted by molar-refractivity contribution is 5.96. The van der Waals surface area contributed by atoms with Crippen LogP contribution in [0.15, 0.2) is 67.0 Å². The van der Waals surface area contributed by atoms with E-state index in [0.717, 1.165) is 30.5 Å². The molecule has 2 aromatic carbocycles. The zero-order chi connectivity index (χ0) is 17.1. The van der Waals surface area contributed by atoms with Gasteiger partial charge in [-0.15, -0.1) is 0 Å². The van der Waals surface area contributed by atoms with Crippen LogP contribution in [0.25, 0.3) is 0 Å². The molecular formula is C21H21N3O. The van der Waals surface area contributed by atoms with E-state index >= 15 is 0 Å². The van der Waals surface area contributed by atoms with Gasteiger partial charge >= 0.3 is 0 Å².